The Labute approximate surface area is 114 Å². The summed E-state index contributed by atoms with van der Waals surface area (Å²) in [5.41, 5.74) is 0.672. The van der Waals surface area contributed by atoms with Crippen LogP contribution in [0.4, 0.5) is 4.39 Å². The average molecular weight is 266 g/mol. The van der Waals surface area contributed by atoms with Gasteiger partial charge in [0.25, 0.3) is 0 Å². The first-order chi connectivity index (χ1) is 8.66. The fourth-order valence-electron chi connectivity index (χ4n) is 2.34. The van der Waals surface area contributed by atoms with Crippen LogP contribution in [0.1, 0.15) is 64.9 Å². The molecule has 1 fully saturated rings. The molecule has 0 N–H and O–H groups in total. The maximum Gasteiger partial charge on any atom is 0.185 e. The van der Waals surface area contributed by atoms with Crippen LogP contribution in [0.5, 0.6) is 0 Å². The maximum atomic E-state index is 14.0. The van der Waals surface area contributed by atoms with Crippen LogP contribution in [-0.4, -0.2) is 11.2 Å². The van der Waals surface area contributed by atoms with Crippen molar-refractivity contribution in [2.24, 2.45) is 0 Å². The molecule has 0 amide bonds. The van der Waals surface area contributed by atoms with E-state index in [0.717, 1.165) is 5.56 Å². The smallest absolute Gasteiger partial charge is 0.185 e. The van der Waals surface area contributed by atoms with Gasteiger partial charge in [-0.2, -0.15) is 0 Å². The molecule has 19 heavy (non-hydrogen) atoms. The lowest BCUT2D eigenvalue weighted by molar-refractivity contribution is -0.0903. The fraction of sp³-hybridized carbons (Fsp3) is 0.625. The molecule has 0 bridgehead atoms. The second kappa shape index (κ2) is 4.57. The Morgan fingerprint density at radius 3 is 2.05 bits per heavy atom. The first-order valence-corrected chi connectivity index (χ1v) is 6.79. The van der Waals surface area contributed by atoms with E-state index in [-0.39, 0.29) is 11.7 Å². The van der Waals surface area contributed by atoms with E-state index in [2.05, 4.69) is 0 Å². The number of hydrogen-bond donors (Lipinski definition) is 0. The van der Waals surface area contributed by atoms with Gasteiger partial charge in [0.05, 0.1) is 11.2 Å². The number of halogens is 1. The minimum Gasteiger partial charge on any atom is -0.339 e. The molecule has 2 rings (SSSR count). The Kier molecular flexibility index (Phi) is 3.48. The Morgan fingerprint density at radius 1 is 1.05 bits per heavy atom. The van der Waals surface area contributed by atoms with Crippen LogP contribution in [0.2, 0.25) is 0 Å². The summed E-state index contributed by atoms with van der Waals surface area (Å²) >= 11 is 0. The number of rotatable bonds is 2. The molecule has 0 radical (unpaired) electrons. The van der Waals surface area contributed by atoms with Gasteiger partial charge in [0.1, 0.15) is 5.82 Å². The Hall–Kier alpha value is -0.930. The summed E-state index contributed by atoms with van der Waals surface area (Å²) in [4.78, 5) is 0. The molecule has 1 saturated heterocycles. The van der Waals surface area contributed by atoms with Gasteiger partial charge in [-0.25, -0.2) is 4.39 Å². The monoisotopic (exact) mass is 266 g/mol. The van der Waals surface area contributed by atoms with Crippen molar-refractivity contribution in [3.8, 4) is 0 Å². The largest absolute Gasteiger partial charge is 0.339 e. The third-order valence-corrected chi connectivity index (χ3v) is 4.17. The molecule has 1 aromatic rings. The van der Waals surface area contributed by atoms with Crippen LogP contribution in [0.15, 0.2) is 18.2 Å². The van der Waals surface area contributed by atoms with Crippen LogP contribution in [0.3, 0.4) is 0 Å². The van der Waals surface area contributed by atoms with E-state index in [1.165, 1.54) is 6.07 Å². The Morgan fingerprint density at radius 2 is 1.58 bits per heavy atom. The zero-order chi connectivity index (χ0) is 14.4. The van der Waals surface area contributed by atoms with Gasteiger partial charge in [0, 0.05) is 5.56 Å². The molecule has 0 unspecified atom stereocenters. The molecule has 3 heteroatoms. The molecule has 0 spiro atoms. The topological polar surface area (TPSA) is 18.5 Å². The molecule has 106 valence electrons. The third-order valence-electron chi connectivity index (χ3n) is 4.17. The molecular weight excluding hydrogens is 243 g/mol. The first kappa shape index (κ1) is 14.5. The quantitative estimate of drug-likeness (QED) is 0.781. The van der Waals surface area contributed by atoms with Gasteiger partial charge >= 0.3 is 0 Å². The summed E-state index contributed by atoms with van der Waals surface area (Å²) in [6.07, 6.45) is -0.502. The van der Waals surface area contributed by atoms with Crippen molar-refractivity contribution < 1.29 is 13.9 Å². The van der Waals surface area contributed by atoms with Gasteiger partial charge in [-0.15, -0.1) is 0 Å². The molecule has 1 aliphatic heterocycles. The number of benzene rings is 1. The van der Waals surface area contributed by atoms with Crippen molar-refractivity contribution in [1.29, 1.82) is 0 Å². The molecule has 0 aliphatic carbocycles. The van der Waals surface area contributed by atoms with Gasteiger partial charge in [-0.05, 0) is 45.2 Å². The SMILES string of the molecule is CC(C)c1c(F)cccc1C1OC(C)(C)C(C)(C)O1. The first-order valence-electron chi connectivity index (χ1n) is 6.79. The maximum absolute atomic E-state index is 14.0. The minimum absolute atomic E-state index is 0.0928. The predicted octanol–water partition coefficient (Wildman–Crippen LogP) is 4.55. The normalized spacial score (nSPS) is 22.1. The van der Waals surface area contributed by atoms with Crippen molar-refractivity contribution in [3.05, 3.63) is 35.1 Å². The van der Waals surface area contributed by atoms with E-state index >= 15 is 0 Å². The molecule has 1 aromatic carbocycles. The highest BCUT2D eigenvalue weighted by Gasteiger charge is 2.50. The number of hydrogen-bond acceptors (Lipinski definition) is 2. The zero-order valence-corrected chi connectivity index (χ0v) is 12.6. The van der Waals surface area contributed by atoms with E-state index in [0.29, 0.717) is 5.56 Å². The third kappa shape index (κ3) is 2.41. The van der Waals surface area contributed by atoms with E-state index in [1.54, 1.807) is 6.07 Å². The predicted molar refractivity (Wildman–Crippen MR) is 73.6 cm³/mol. The van der Waals surface area contributed by atoms with E-state index in [4.69, 9.17) is 9.47 Å². The van der Waals surface area contributed by atoms with E-state index in [9.17, 15) is 4.39 Å². The highest BCUT2D eigenvalue weighted by Crippen LogP contribution is 2.46. The molecule has 0 atom stereocenters. The van der Waals surface area contributed by atoms with Crippen molar-refractivity contribution in [2.75, 3.05) is 0 Å². The summed E-state index contributed by atoms with van der Waals surface area (Å²) in [5.74, 6) is -0.0996. The molecule has 0 saturated carbocycles. The minimum atomic E-state index is -0.502. The van der Waals surface area contributed by atoms with Crippen LogP contribution >= 0.6 is 0 Å². The summed E-state index contributed by atoms with van der Waals surface area (Å²) in [5, 5.41) is 0. The Bertz CT molecular complexity index is 462. The zero-order valence-electron chi connectivity index (χ0n) is 12.6. The molecule has 1 aliphatic rings. The summed E-state index contributed by atoms with van der Waals surface area (Å²) in [6.45, 7) is 12.0. The summed E-state index contributed by atoms with van der Waals surface area (Å²) in [6, 6.07) is 5.09. The van der Waals surface area contributed by atoms with Gasteiger partial charge in [-0.1, -0.05) is 26.0 Å². The van der Waals surface area contributed by atoms with Crippen molar-refractivity contribution in [1.82, 2.24) is 0 Å². The summed E-state index contributed by atoms with van der Waals surface area (Å²) < 4.78 is 26.0. The second-order valence-corrected chi connectivity index (χ2v) is 6.49. The molecule has 2 nitrogen and oxygen atoms in total. The van der Waals surface area contributed by atoms with Crippen molar-refractivity contribution >= 4 is 0 Å². The van der Waals surface area contributed by atoms with Crippen LogP contribution < -0.4 is 0 Å². The van der Waals surface area contributed by atoms with Crippen LogP contribution in [-0.2, 0) is 9.47 Å². The fourth-order valence-corrected chi connectivity index (χ4v) is 2.34. The van der Waals surface area contributed by atoms with E-state index < -0.39 is 17.5 Å². The standard InChI is InChI=1S/C16H23FO2/c1-10(2)13-11(8-7-9-12(13)17)14-18-15(3,4)16(5,6)19-14/h7-10,14H,1-6H3. The van der Waals surface area contributed by atoms with E-state index in [1.807, 2.05) is 47.6 Å². The van der Waals surface area contributed by atoms with Gasteiger partial charge < -0.3 is 9.47 Å². The second-order valence-electron chi connectivity index (χ2n) is 6.49. The van der Waals surface area contributed by atoms with Gasteiger partial charge in [0.2, 0.25) is 0 Å². The Balaban J connectivity index is 2.43. The lowest BCUT2D eigenvalue weighted by Crippen LogP contribution is -2.41. The highest BCUT2D eigenvalue weighted by molar-refractivity contribution is 5.33. The van der Waals surface area contributed by atoms with Crippen molar-refractivity contribution in [3.63, 3.8) is 0 Å². The van der Waals surface area contributed by atoms with Crippen molar-refractivity contribution in [2.45, 2.75) is 65.0 Å². The number of ether oxygens (including phenoxy) is 2. The van der Waals surface area contributed by atoms with Gasteiger partial charge in [-0.3, -0.25) is 0 Å². The van der Waals surface area contributed by atoms with Crippen LogP contribution in [0.25, 0.3) is 0 Å². The lowest BCUT2D eigenvalue weighted by atomic mass is 9.90. The molecular formula is C16H23FO2. The lowest BCUT2D eigenvalue weighted by Gasteiger charge is -2.30. The van der Waals surface area contributed by atoms with Gasteiger partial charge in [0.15, 0.2) is 6.29 Å². The highest BCUT2D eigenvalue weighted by atomic mass is 19.1. The summed E-state index contributed by atoms with van der Waals surface area (Å²) in [7, 11) is 0. The molecule has 0 aromatic heterocycles. The average Bonchev–Trinajstić information content (AvgIpc) is 2.47. The van der Waals surface area contributed by atoms with Crippen LogP contribution in [0, 0.1) is 5.82 Å². The molecule has 1 heterocycles.